The molecule has 0 unspecified atom stereocenters. The van der Waals surface area contributed by atoms with Crippen molar-refractivity contribution in [2.75, 3.05) is 24.4 Å². The quantitative estimate of drug-likeness (QED) is 0.0694. The van der Waals surface area contributed by atoms with Crippen molar-refractivity contribution in [3.05, 3.63) is 97.1 Å². The van der Waals surface area contributed by atoms with Crippen LogP contribution in [0.15, 0.2) is 80.0 Å². The fourth-order valence-electron chi connectivity index (χ4n) is 6.66. The summed E-state index contributed by atoms with van der Waals surface area (Å²) in [5, 5.41) is 12.8. The molecule has 0 bridgehead atoms. The van der Waals surface area contributed by atoms with Gasteiger partial charge in [-0.2, -0.15) is 5.10 Å². The minimum atomic E-state index is -0.184. The second-order valence-electron chi connectivity index (χ2n) is 16.1. The third-order valence-electron chi connectivity index (χ3n) is 7.91. The summed E-state index contributed by atoms with van der Waals surface area (Å²) < 4.78 is 12.6. The van der Waals surface area contributed by atoms with Crippen LogP contribution in [0.2, 0.25) is 0 Å². The van der Waals surface area contributed by atoms with E-state index in [1.54, 1.807) is 12.2 Å². The minimum Gasteiger partial charge on any atom is -0.487 e. The Labute approximate surface area is 285 Å². The molecule has 0 aliphatic rings. The molecule has 0 fully saturated rings. The first-order chi connectivity index (χ1) is 21.7. The van der Waals surface area contributed by atoms with Gasteiger partial charge in [0.2, 0.25) is 0 Å². The molecule has 2 aromatic carbocycles. The molecular formula is C41H60N4O2. The van der Waals surface area contributed by atoms with Crippen molar-refractivity contribution < 1.29 is 9.47 Å². The lowest BCUT2D eigenvalue weighted by Gasteiger charge is -2.34. The second-order valence-corrected chi connectivity index (χ2v) is 16.1. The summed E-state index contributed by atoms with van der Waals surface area (Å²) in [5.74, 6) is 1.29. The summed E-state index contributed by atoms with van der Waals surface area (Å²) >= 11 is 0. The van der Waals surface area contributed by atoms with Gasteiger partial charge in [-0.15, -0.1) is 0 Å². The van der Waals surface area contributed by atoms with Gasteiger partial charge in [0.1, 0.15) is 30.4 Å². The lowest BCUT2D eigenvalue weighted by molar-refractivity contribution is 0.283. The van der Waals surface area contributed by atoms with E-state index in [4.69, 9.17) is 20.6 Å². The molecular weight excluding hydrogens is 580 g/mol. The van der Waals surface area contributed by atoms with Gasteiger partial charge in [0, 0.05) is 17.5 Å². The van der Waals surface area contributed by atoms with Gasteiger partial charge in [0.05, 0.1) is 17.1 Å². The normalized spacial score (nSPS) is 12.7. The van der Waals surface area contributed by atoms with E-state index < -0.39 is 0 Å². The summed E-state index contributed by atoms with van der Waals surface area (Å²) in [6.07, 6.45) is 8.85. The Hall–Kier alpha value is -4.06. The number of nitrogens with zero attached hydrogens (tertiary/aromatic N) is 1. The van der Waals surface area contributed by atoms with Crippen LogP contribution in [-0.2, 0) is 17.3 Å². The van der Waals surface area contributed by atoms with Crippen LogP contribution < -0.4 is 20.6 Å². The highest BCUT2D eigenvalue weighted by atomic mass is 16.5. The van der Waals surface area contributed by atoms with Crippen LogP contribution in [0, 0.1) is 16.2 Å². The zero-order valence-corrected chi connectivity index (χ0v) is 30.8. The average molecular weight is 641 g/mol. The number of allylic oxidation sites excluding steroid dienone is 2. The summed E-state index contributed by atoms with van der Waals surface area (Å²) in [4.78, 5) is 0. The van der Waals surface area contributed by atoms with Gasteiger partial charge >= 0.3 is 0 Å². The van der Waals surface area contributed by atoms with Crippen LogP contribution >= 0.6 is 0 Å². The second kappa shape index (κ2) is 15.7. The number of nitrogens with two attached hydrogens (primary N) is 1. The van der Waals surface area contributed by atoms with Crippen LogP contribution in [0.5, 0.6) is 11.5 Å². The largest absolute Gasteiger partial charge is 0.487 e. The molecule has 0 aliphatic heterocycles. The molecule has 256 valence electrons. The highest BCUT2D eigenvalue weighted by Crippen LogP contribution is 2.44. The maximum atomic E-state index is 8.24. The van der Waals surface area contributed by atoms with Crippen molar-refractivity contribution in [2.24, 2.45) is 15.9 Å². The topological polar surface area (TPSA) is 92.7 Å². The van der Waals surface area contributed by atoms with E-state index in [1.165, 1.54) is 12.2 Å². The van der Waals surface area contributed by atoms with Crippen LogP contribution in [0.25, 0.3) is 0 Å². The van der Waals surface area contributed by atoms with Crippen molar-refractivity contribution in [3.63, 3.8) is 0 Å². The molecule has 0 spiro atoms. The summed E-state index contributed by atoms with van der Waals surface area (Å²) in [5.41, 5.74) is 15.9. The molecule has 0 heterocycles. The number of hydrogen-bond acceptors (Lipinski definition) is 6. The highest BCUT2D eigenvalue weighted by Gasteiger charge is 2.31. The summed E-state index contributed by atoms with van der Waals surface area (Å²) in [7, 11) is 0. The number of benzene rings is 2. The molecule has 0 radical (unpaired) electrons. The SMILES string of the molecule is C=CCOc1c(N)cc(C(C)(C)CC(C)(C)C)cc1Cc1cc(C(C)(C)CC(C)(C)C)cc(N/N=C(/C=C)C(=N)C=C)c1OCC=C. The summed E-state index contributed by atoms with van der Waals surface area (Å²) in [6.45, 7) is 38.6. The molecule has 6 nitrogen and oxygen atoms in total. The molecule has 6 heteroatoms. The van der Waals surface area contributed by atoms with Gasteiger partial charge in [-0.1, -0.05) is 120 Å². The number of rotatable bonds is 17. The van der Waals surface area contributed by atoms with E-state index in [0.717, 1.165) is 35.1 Å². The Morgan fingerprint density at radius 2 is 1.21 bits per heavy atom. The molecule has 47 heavy (non-hydrogen) atoms. The molecule has 0 saturated heterocycles. The molecule has 0 aliphatic carbocycles. The predicted octanol–water partition coefficient (Wildman–Crippen LogP) is 10.6. The van der Waals surface area contributed by atoms with Gasteiger partial charge in [-0.25, -0.2) is 0 Å². The number of nitrogens with one attached hydrogen (secondary N) is 2. The first-order valence-electron chi connectivity index (χ1n) is 16.4. The molecule has 0 saturated carbocycles. The Morgan fingerprint density at radius 3 is 1.66 bits per heavy atom. The maximum Gasteiger partial charge on any atom is 0.148 e. The Morgan fingerprint density at radius 1 is 0.745 bits per heavy atom. The van der Waals surface area contributed by atoms with E-state index in [-0.39, 0.29) is 27.4 Å². The monoisotopic (exact) mass is 640 g/mol. The Balaban J connectivity index is 2.96. The molecule has 2 rings (SSSR count). The number of hydrazone groups is 1. The molecule has 4 N–H and O–H groups in total. The lowest BCUT2D eigenvalue weighted by atomic mass is 9.71. The Kier molecular flexibility index (Phi) is 13.1. The van der Waals surface area contributed by atoms with E-state index >= 15 is 0 Å². The van der Waals surface area contributed by atoms with Crippen molar-refractivity contribution in [1.29, 1.82) is 5.41 Å². The molecule has 0 amide bonds. The molecule has 0 aromatic heterocycles. The molecule has 0 atom stereocenters. The van der Waals surface area contributed by atoms with Gasteiger partial charge in [-0.3, -0.25) is 10.8 Å². The van der Waals surface area contributed by atoms with E-state index in [9.17, 15) is 0 Å². The zero-order chi connectivity index (χ0) is 35.8. The number of ether oxygens (including phenoxy) is 2. The summed E-state index contributed by atoms with van der Waals surface area (Å²) in [6, 6.07) is 8.62. The van der Waals surface area contributed by atoms with Gasteiger partial charge < -0.3 is 15.2 Å². The fourth-order valence-corrected chi connectivity index (χ4v) is 6.66. The van der Waals surface area contributed by atoms with Crippen LogP contribution in [0.3, 0.4) is 0 Å². The van der Waals surface area contributed by atoms with Crippen molar-refractivity contribution in [3.8, 4) is 11.5 Å². The Bertz CT molecular complexity index is 1500. The highest BCUT2D eigenvalue weighted by molar-refractivity contribution is 6.49. The lowest BCUT2D eigenvalue weighted by Crippen LogP contribution is -2.25. The zero-order valence-electron chi connectivity index (χ0n) is 30.8. The standard InChI is InChI=1S/C41H60N4O2/c1-15-19-46-36-28(22-30(24-33(36)43)40(11,12)26-38(5,6)7)21-29-23-31(41(13,14)27-39(8,9)10)25-35(37(29)47-20-16-2)45-44-34(18-4)32(42)17-3/h15-18,22-25,42,45H,1-4,19-21,26-27,43H2,5-14H3/b42-32?,44-34-. The minimum absolute atomic E-state index is 0.0928. The first kappa shape index (κ1) is 39.1. The third kappa shape index (κ3) is 11.3. The fraction of sp³-hybridized carbons (Fsp3) is 0.463. The number of anilines is 2. The number of nitrogen functional groups attached to an aromatic ring is 1. The van der Waals surface area contributed by atoms with Gasteiger partial charge in [-0.05, 0) is 69.9 Å². The van der Waals surface area contributed by atoms with Crippen molar-refractivity contribution in [2.45, 2.75) is 99.3 Å². The predicted molar refractivity (Wildman–Crippen MR) is 205 cm³/mol. The average Bonchev–Trinajstić information content (AvgIpc) is 2.93. The van der Waals surface area contributed by atoms with E-state index in [2.05, 4.69) is 130 Å². The van der Waals surface area contributed by atoms with Crippen molar-refractivity contribution in [1.82, 2.24) is 0 Å². The van der Waals surface area contributed by atoms with Gasteiger partial charge in [0.15, 0.2) is 0 Å². The third-order valence-corrected chi connectivity index (χ3v) is 7.91. The number of hydrogen-bond donors (Lipinski definition) is 3. The van der Waals surface area contributed by atoms with Crippen LogP contribution in [-0.4, -0.2) is 24.6 Å². The van der Waals surface area contributed by atoms with E-state index in [1.807, 2.05) is 0 Å². The van der Waals surface area contributed by atoms with Crippen LogP contribution in [0.1, 0.15) is 104 Å². The maximum absolute atomic E-state index is 8.24. The van der Waals surface area contributed by atoms with Gasteiger partial charge in [0.25, 0.3) is 0 Å². The molecule has 2 aromatic rings. The first-order valence-corrected chi connectivity index (χ1v) is 16.4. The van der Waals surface area contributed by atoms with Crippen LogP contribution in [0.4, 0.5) is 11.4 Å². The van der Waals surface area contributed by atoms with Crippen molar-refractivity contribution >= 4 is 22.8 Å². The van der Waals surface area contributed by atoms with E-state index in [0.29, 0.717) is 48.2 Å². The smallest absolute Gasteiger partial charge is 0.148 e.